The zero-order chi connectivity index (χ0) is 16.4. The normalized spacial score (nSPS) is 25.4. The number of Topliss-reactive ketones (excluding diaryl/α,β-unsaturated/α-hetero) is 1. The van der Waals surface area contributed by atoms with Crippen LogP contribution in [0.3, 0.4) is 0 Å². The summed E-state index contributed by atoms with van der Waals surface area (Å²) in [4.78, 5) is 15.0. The Morgan fingerprint density at radius 1 is 1.04 bits per heavy atom. The van der Waals surface area contributed by atoms with E-state index in [-0.39, 0.29) is 18.2 Å². The number of hydrogen-bond donors (Lipinski definition) is 0. The van der Waals surface area contributed by atoms with Crippen LogP contribution in [0.15, 0.2) is 60.7 Å². The van der Waals surface area contributed by atoms with Gasteiger partial charge in [-0.1, -0.05) is 67.1 Å². The third-order valence-electron chi connectivity index (χ3n) is 5.95. The first-order chi connectivity index (χ1) is 11.8. The predicted molar refractivity (Wildman–Crippen MR) is 105 cm³/mol. The van der Waals surface area contributed by atoms with Crippen LogP contribution in [-0.4, -0.2) is 29.8 Å². The highest BCUT2D eigenvalue weighted by atomic mass is 35.5. The number of benzene rings is 2. The van der Waals surface area contributed by atoms with E-state index in [1.54, 1.807) is 0 Å². The Morgan fingerprint density at radius 3 is 2.44 bits per heavy atom. The molecule has 0 amide bonds. The van der Waals surface area contributed by atoms with Crippen LogP contribution < -0.4 is 0 Å². The maximum absolute atomic E-state index is 12.4. The van der Waals surface area contributed by atoms with Crippen molar-refractivity contribution in [2.75, 3.05) is 13.1 Å². The van der Waals surface area contributed by atoms with Gasteiger partial charge < -0.3 is 0 Å². The van der Waals surface area contributed by atoms with Crippen LogP contribution in [0.2, 0.25) is 0 Å². The topological polar surface area (TPSA) is 20.3 Å². The van der Waals surface area contributed by atoms with Gasteiger partial charge in [0.2, 0.25) is 0 Å². The first-order valence-electron chi connectivity index (χ1n) is 9.15. The standard InChI is InChI=1S/C22H25NO.ClH/c24-21(18-8-3-1-4-9-18)13-15-23-17-22(14-7-12-20(23)16-22)19-10-5-2-6-11-19;/h1-6,8-11,20H,7,12-17H2;1H. The van der Waals surface area contributed by atoms with Crippen LogP contribution in [0, 0.1) is 0 Å². The number of likely N-dealkylation sites (tertiary alicyclic amines) is 1. The predicted octanol–water partition coefficient (Wildman–Crippen LogP) is 4.88. The second-order valence-corrected chi connectivity index (χ2v) is 7.41. The molecule has 2 nitrogen and oxygen atoms in total. The highest BCUT2D eigenvalue weighted by Crippen LogP contribution is 2.47. The van der Waals surface area contributed by atoms with Gasteiger partial charge in [0.05, 0.1) is 0 Å². The molecule has 1 saturated heterocycles. The zero-order valence-electron chi connectivity index (χ0n) is 14.6. The molecule has 1 heterocycles. The minimum absolute atomic E-state index is 0. The van der Waals surface area contributed by atoms with Gasteiger partial charge in [-0.2, -0.15) is 0 Å². The van der Waals surface area contributed by atoms with E-state index >= 15 is 0 Å². The van der Waals surface area contributed by atoms with Gasteiger partial charge in [-0.15, -0.1) is 12.4 Å². The molecule has 2 aromatic rings. The number of carbonyl (C=O) groups is 1. The fourth-order valence-corrected chi connectivity index (χ4v) is 4.72. The van der Waals surface area contributed by atoms with Gasteiger partial charge in [-0.05, 0) is 24.8 Å². The molecule has 2 atom stereocenters. The van der Waals surface area contributed by atoms with Gasteiger partial charge in [-0.25, -0.2) is 0 Å². The van der Waals surface area contributed by atoms with E-state index in [9.17, 15) is 4.79 Å². The highest BCUT2D eigenvalue weighted by Gasteiger charge is 2.47. The number of nitrogens with zero attached hydrogens (tertiary/aromatic N) is 1. The number of ketones is 1. The Morgan fingerprint density at radius 2 is 1.72 bits per heavy atom. The molecule has 1 aliphatic heterocycles. The molecule has 2 aliphatic rings. The maximum Gasteiger partial charge on any atom is 0.164 e. The minimum Gasteiger partial charge on any atom is -0.299 e. The van der Waals surface area contributed by atoms with Gasteiger partial charge in [0.15, 0.2) is 5.78 Å². The first kappa shape index (κ1) is 18.2. The molecule has 3 heteroatoms. The number of halogens is 1. The molecular weight excluding hydrogens is 330 g/mol. The van der Waals surface area contributed by atoms with Gasteiger partial charge >= 0.3 is 0 Å². The first-order valence-corrected chi connectivity index (χ1v) is 9.15. The Labute approximate surface area is 156 Å². The molecule has 0 N–H and O–H groups in total. The summed E-state index contributed by atoms with van der Waals surface area (Å²) in [6.45, 7) is 2.01. The van der Waals surface area contributed by atoms with E-state index in [0.29, 0.717) is 17.9 Å². The number of hydrogen-bond acceptors (Lipinski definition) is 2. The van der Waals surface area contributed by atoms with E-state index in [1.165, 1.54) is 31.2 Å². The number of fused-ring (bicyclic) bond motifs is 2. The summed E-state index contributed by atoms with van der Waals surface area (Å²) in [7, 11) is 0. The van der Waals surface area contributed by atoms with Crippen LogP contribution in [0.5, 0.6) is 0 Å². The molecule has 0 aromatic heterocycles. The van der Waals surface area contributed by atoms with Crippen molar-refractivity contribution in [1.82, 2.24) is 4.90 Å². The average Bonchev–Trinajstić information content (AvgIpc) is 2.91. The fraction of sp³-hybridized carbons (Fsp3) is 0.409. The second kappa shape index (κ2) is 7.72. The summed E-state index contributed by atoms with van der Waals surface area (Å²) in [5.41, 5.74) is 2.66. The van der Waals surface area contributed by atoms with Crippen LogP contribution >= 0.6 is 12.4 Å². The van der Waals surface area contributed by atoms with Crippen molar-refractivity contribution >= 4 is 18.2 Å². The third-order valence-corrected chi connectivity index (χ3v) is 5.95. The van der Waals surface area contributed by atoms with Gasteiger partial charge in [0.25, 0.3) is 0 Å². The molecule has 2 unspecified atom stereocenters. The van der Waals surface area contributed by atoms with Crippen molar-refractivity contribution in [2.45, 2.75) is 43.6 Å². The lowest BCUT2D eigenvalue weighted by Crippen LogP contribution is -2.32. The summed E-state index contributed by atoms with van der Waals surface area (Å²) in [6.07, 6.45) is 5.77. The lowest BCUT2D eigenvalue weighted by atomic mass is 9.71. The van der Waals surface area contributed by atoms with Crippen molar-refractivity contribution < 1.29 is 4.79 Å². The Kier molecular flexibility index (Phi) is 5.61. The van der Waals surface area contributed by atoms with Crippen molar-refractivity contribution in [2.24, 2.45) is 0 Å². The number of carbonyl (C=O) groups excluding carboxylic acids is 1. The number of rotatable bonds is 5. The average molecular weight is 356 g/mol. The minimum atomic E-state index is 0. The van der Waals surface area contributed by atoms with Gasteiger partial charge in [0, 0.05) is 36.5 Å². The van der Waals surface area contributed by atoms with E-state index < -0.39 is 0 Å². The van der Waals surface area contributed by atoms with E-state index in [1.807, 2.05) is 30.3 Å². The lowest BCUT2D eigenvalue weighted by molar-refractivity contribution is 0.0960. The third kappa shape index (κ3) is 3.65. The summed E-state index contributed by atoms with van der Waals surface area (Å²) in [5, 5.41) is 0. The van der Waals surface area contributed by atoms with Gasteiger partial charge in [-0.3, -0.25) is 9.69 Å². The Hall–Kier alpha value is -1.64. The molecule has 1 aliphatic carbocycles. The van der Waals surface area contributed by atoms with Crippen LogP contribution in [0.4, 0.5) is 0 Å². The molecule has 2 fully saturated rings. The van der Waals surface area contributed by atoms with E-state index in [2.05, 4.69) is 35.2 Å². The van der Waals surface area contributed by atoms with Crippen LogP contribution in [0.25, 0.3) is 0 Å². The molecule has 0 radical (unpaired) electrons. The quantitative estimate of drug-likeness (QED) is 0.712. The summed E-state index contributed by atoms with van der Waals surface area (Å²) in [6, 6.07) is 21.4. The molecule has 132 valence electrons. The molecule has 4 rings (SSSR count). The molecule has 2 aromatic carbocycles. The van der Waals surface area contributed by atoms with Crippen molar-refractivity contribution in [3.8, 4) is 0 Å². The molecule has 2 bridgehead atoms. The van der Waals surface area contributed by atoms with E-state index in [4.69, 9.17) is 0 Å². The largest absolute Gasteiger partial charge is 0.299 e. The zero-order valence-corrected chi connectivity index (χ0v) is 15.4. The van der Waals surface area contributed by atoms with Crippen molar-refractivity contribution in [3.05, 3.63) is 71.8 Å². The molecule has 1 saturated carbocycles. The monoisotopic (exact) mass is 355 g/mol. The van der Waals surface area contributed by atoms with Gasteiger partial charge in [0.1, 0.15) is 0 Å². The summed E-state index contributed by atoms with van der Waals surface area (Å²) in [5.74, 6) is 0.269. The van der Waals surface area contributed by atoms with Crippen LogP contribution in [-0.2, 0) is 5.41 Å². The van der Waals surface area contributed by atoms with E-state index in [0.717, 1.165) is 18.7 Å². The smallest absolute Gasteiger partial charge is 0.164 e. The van der Waals surface area contributed by atoms with Crippen molar-refractivity contribution in [3.63, 3.8) is 0 Å². The molecule has 25 heavy (non-hydrogen) atoms. The Balaban J connectivity index is 0.00000182. The maximum atomic E-state index is 12.4. The fourth-order valence-electron chi connectivity index (χ4n) is 4.72. The lowest BCUT2D eigenvalue weighted by Gasteiger charge is -2.32. The second-order valence-electron chi connectivity index (χ2n) is 7.41. The summed E-state index contributed by atoms with van der Waals surface area (Å²) >= 11 is 0. The Bertz CT molecular complexity index is 702. The molecule has 0 spiro atoms. The van der Waals surface area contributed by atoms with Crippen LogP contribution in [0.1, 0.15) is 48.0 Å². The molecular formula is C22H26ClNO. The summed E-state index contributed by atoms with van der Waals surface area (Å²) < 4.78 is 0. The highest BCUT2D eigenvalue weighted by molar-refractivity contribution is 5.96. The SMILES string of the molecule is Cl.O=C(CCN1CC2(c3ccccc3)CCCC1C2)c1ccccc1. The van der Waals surface area contributed by atoms with Crippen molar-refractivity contribution in [1.29, 1.82) is 0 Å².